The van der Waals surface area contributed by atoms with Crippen LogP contribution in [0.4, 0.5) is 0 Å². The minimum Gasteiger partial charge on any atom is -0.467 e. The molecule has 1 amide bonds. The normalized spacial score (nSPS) is 16.8. The highest BCUT2D eigenvalue weighted by Gasteiger charge is 2.35. The van der Waals surface area contributed by atoms with Gasteiger partial charge < -0.3 is 4.42 Å². The molecule has 0 saturated heterocycles. The standard InChI is InChI=1S/C21H18N2O2/c1-15-9-11-16(12-10-15)18-14-19(20-8-5-13-25-20)23(22-18)21(24)17-6-3-2-4-7-17/h2-13,19H,14H2,1H3/t19-/m1/s1. The summed E-state index contributed by atoms with van der Waals surface area (Å²) in [5.74, 6) is 0.624. The Balaban J connectivity index is 1.71. The lowest BCUT2D eigenvalue weighted by Crippen LogP contribution is -2.26. The van der Waals surface area contributed by atoms with Crippen LogP contribution in [0.5, 0.6) is 0 Å². The summed E-state index contributed by atoms with van der Waals surface area (Å²) in [7, 11) is 0. The van der Waals surface area contributed by atoms with Crippen LogP contribution in [0, 0.1) is 6.92 Å². The zero-order chi connectivity index (χ0) is 17.2. The molecule has 1 aliphatic rings. The second-order valence-electron chi connectivity index (χ2n) is 6.16. The lowest BCUT2D eigenvalue weighted by atomic mass is 10.0. The van der Waals surface area contributed by atoms with Crippen LogP contribution >= 0.6 is 0 Å². The summed E-state index contributed by atoms with van der Waals surface area (Å²) in [6, 6.07) is 20.9. The van der Waals surface area contributed by atoms with Gasteiger partial charge in [0.15, 0.2) is 0 Å². The third kappa shape index (κ3) is 2.98. The van der Waals surface area contributed by atoms with Crippen molar-refractivity contribution in [1.29, 1.82) is 0 Å². The Labute approximate surface area is 146 Å². The van der Waals surface area contributed by atoms with Crippen LogP contribution in [0.2, 0.25) is 0 Å². The maximum atomic E-state index is 13.0. The minimum absolute atomic E-state index is 0.121. The van der Waals surface area contributed by atoms with Crippen molar-refractivity contribution in [2.75, 3.05) is 0 Å². The van der Waals surface area contributed by atoms with Crippen molar-refractivity contribution in [3.8, 4) is 0 Å². The van der Waals surface area contributed by atoms with Crippen LogP contribution in [-0.4, -0.2) is 16.6 Å². The molecular weight excluding hydrogens is 312 g/mol. The molecule has 0 bridgehead atoms. The number of carbonyl (C=O) groups is 1. The van der Waals surface area contributed by atoms with Crippen molar-refractivity contribution in [3.05, 3.63) is 95.4 Å². The molecule has 2 aromatic carbocycles. The van der Waals surface area contributed by atoms with Gasteiger partial charge >= 0.3 is 0 Å². The number of rotatable bonds is 3. The molecule has 3 aromatic rings. The second kappa shape index (κ2) is 6.40. The van der Waals surface area contributed by atoms with E-state index in [2.05, 4.69) is 24.2 Å². The zero-order valence-corrected chi connectivity index (χ0v) is 13.9. The van der Waals surface area contributed by atoms with Crippen molar-refractivity contribution in [3.63, 3.8) is 0 Å². The fourth-order valence-corrected chi connectivity index (χ4v) is 3.03. The van der Waals surface area contributed by atoms with Gasteiger partial charge in [-0.05, 0) is 36.8 Å². The molecule has 0 N–H and O–H groups in total. The summed E-state index contributed by atoms with van der Waals surface area (Å²) in [5, 5.41) is 6.19. The van der Waals surface area contributed by atoms with Gasteiger partial charge in [0.1, 0.15) is 11.8 Å². The molecule has 2 heterocycles. The van der Waals surface area contributed by atoms with E-state index in [1.807, 2.05) is 42.5 Å². The first-order chi connectivity index (χ1) is 12.2. The number of nitrogens with zero attached hydrogens (tertiary/aromatic N) is 2. The van der Waals surface area contributed by atoms with Crippen LogP contribution in [0.3, 0.4) is 0 Å². The predicted octanol–water partition coefficient (Wildman–Crippen LogP) is 4.58. The van der Waals surface area contributed by atoms with Crippen LogP contribution in [0.25, 0.3) is 0 Å². The van der Waals surface area contributed by atoms with Gasteiger partial charge in [-0.15, -0.1) is 0 Å². The van der Waals surface area contributed by atoms with Crippen LogP contribution < -0.4 is 0 Å². The maximum Gasteiger partial charge on any atom is 0.274 e. The number of carbonyl (C=O) groups excluding carboxylic acids is 1. The molecular formula is C21H18N2O2. The number of furan rings is 1. The quantitative estimate of drug-likeness (QED) is 0.705. The maximum absolute atomic E-state index is 13.0. The van der Waals surface area contributed by atoms with Crippen LogP contribution in [-0.2, 0) is 0 Å². The van der Waals surface area contributed by atoms with Crippen LogP contribution in [0.1, 0.15) is 39.7 Å². The van der Waals surface area contributed by atoms with E-state index in [4.69, 9.17) is 4.42 Å². The van der Waals surface area contributed by atoms with Crippen molar-refractivity contribution in [2.45, 2.75) is 19.4 Å². The van der Waals surface area contributed by atoms with E-state index in [-0.39, 0.29) is 11.9 Å². The Hall–Kier alpha value is -3.14. The lowest BCUT2D eigenvalue weighted by Gasteiger charge is -2.19. The van der Waals surface area contributed by atoms with Gasteiger partial charge in [-0.25, -0.2) is 5.01 Å². The largest absolute Gasteiger partial charge is 0.467 e. The number of amides is 1. The molecule has 4 nitrogen and oxygen atoms in total. The highest BCUT2D eigenvalue weighted by Crippen LogP contribution is 2.34. The summed E-state index contributed by atoms with van der Waals surface area (Å²) in [6.07, 6.45) is 2.26. The molecule has 1 atom stereocenters. The third-order valence-electron chi connectivity index (χ3n) is 4.40. The fourth-order valence-electron chi connectivity index (χ4n) is 3.03. The third-order valence-corrected chi connectivity index (χ3v) is 4.40. The van der Waals surface area contributed by atoms with E-state index in [9.17, 15) is 4.79 Å². The molecule has 0 saturated carbocycles. The average Bonchev–Trinajstić information content (AvgIpc) is 3.32. The zero-order valence-electron chi connectivity index (χ0n) is 13.9. The Morgan fingerprint density at radius 3 is 2.48 bits per heavy atom. The van der Waals surface area contributed by atoms with Gasteiger partial charge in [0.25, 0.3) is 5.91 Å². The monoisotopic (exact) mass is 330 g/mol. The summed E-state index contributed by atoms with van der Waals surface area (Å²) < 4.78 is 5.57. The molecule has 4 rings (SSSR count). The number of hydrogen-bond acceptors (Lipinski definition) is 3. The minimum atomic E-state index is -0.223. The molecule has 0 radical (unpaired) electrons. The van der Waals surface area contributed by atoms with Gasteiger partial charge in [-0.1, -0.05) is 48.0 Å². The molecule has 0 fully saturated rings. The van der Waals surface area contributed by atoms with Crippen molar-refractivity contribution >= 4 is 11.6 Å². The van der Waals surface area contributed by atoms with Crippen molar-refractivity contribution in [1.82, 2.24) is 5.01 Å². The van der Waals surface area contributed by atoms with Gasteiger partial charge in [0.2, 0.25) is 0 Å². The molecule has 124 valence electrons. The SMILES string of the molecule is Cc1ccc(C2=NN(C(=O)c3ccccc3)[C@@H](c3ccco3)C2)cc1. The molecule has 1 aromatic heterocycles. The topological polar surface area (TPSA) is 45.8 Å². The van der Waals surface area contributed by atoms with Gasteiger partial charge in [-0.3, -0.25) is 4.79 Å². The summed E-state index contributed by atoms with van der Waals surface area (Å²) >= 11 is 0. The molecule has 25 heavy (non-hydrogen) atoms. The predicted molar refractivity (Wildman–Crippen MR) is 96.4 cm³/mol. The van der Waals surface area contributed by atoms with Gasteiger partial charge in [-0.2, -0.15) is 5.10 Å². The Morgan fingerprint density at radius 2 is 1.80 bits per heavy atom. The first kappa shape index (κ1) is 15.4. The number of hydrogen-bond donors (Lipinski definition) is 0. The van der Waals surface area contributed by atoms with Gasteiger partial charge in [0, 0.05) is 12.0 Å². The van der Waals surface area contributed by atoms with Crippen molar-refractivity contribution in [2.24, 2.45) is 5.10 Å². The molecule has 0 unspecified atom stereocenters. The van der Waals surface area contributed by atoms with Crippen molar-refractivity contribution < 1.29 is 9.21 Å². The fraction of sp³-hybridized carbons (Fsp3) is 0.143. The Bertz CT molecular complexity index is 897. The number of benzene rings is 2. The first-order valence-corrected chi connectivity index (χ1v) is 8.29. The molecule has 0 aliphatic carbocycles. The average molecular weight is 330 g/mol. The van der Waals surface area contributed by atoms with E-state index < -0.39 is 0 Å². The lowest BCUT2D eigenvalue weighted by molar-refractivity contribution is 0.0693. The van der Waals surface area contributed by atoms with E-state index in [1.54, 1.807) is 23.4 Å². The summed E-state index contributed by atoms with van der Waals surface area (Å²) in [6.45, 7) is 2.05. The summed E-state index contributed by atoms with van der Waals surface area (Å²) in [5.41, 5.74) is 3.74. The summed E-state index contributed by atoms with van der Waals surface area (Å²) in [4.78, 5) is 13.0. The smallest absolute Gasteiger partial charge is 0.274 e. The Kier molecular flexibility index (Phi) is 3.94. The highest BCUT2D eigenvalue weighted by atomic mass is 16.3. The number of hydrazone groups is 1. The molecule has 1 aliphatic heterocycles. The molecule has 4 heteroatoms. The second-order valence-corrected chi connectivity index (χ2v) is 6.16. The van der Waals surface area contributed by atoms with E-state index in [0.717, 1.165) is 17.0 Å². The number of aryl methyl sites for hydroxylation is 1. The first-order valence-electron chi connectivity index (χ1n) is 8.29. The van der Waals surface area contributed by atoms with Crippen LogP contribution in [0.15, 0.2) is 82.5 Å². The van der Waals surface area contributed by atoms with E-state index >= 15 is 0 Å². The molecule has 0 spiro atoms. The highest BCUT2D eigenvalue weighted by molar-refractivity contribution is 6.05. The Morgan fingerprint density at radius 1 is 1.04 bits per heavy atom. The van der Waals surface area contributed by atoms with Gasteiger partial charge in [0.05, 0.1) is 12.0 Å². The van der Waals surface area contributed by atoms with E-state index in [0.29, 0.717) is 12.0 Å². The van der Waals surface area contributed by atoms with E-state index in [1.165, 1.54) is 5.56 Å².